The Hall–Kier alpha value is -1.46. The van der Waals surface area contributed by atoms with Gasteiger partial charge in [-0.3, -0.25) is 4.79 Å². The van der Waals surface area contributed by atoms with E-state index in [0.29, 0.717) is 0 Å². The largest absolute Gasteiger partial charge is 0.471 e. The van der Waals surface area contributed by atoms with Gasteiger partial charge in [0.25, 0.3) is 11.5 Å². The molecule has 0 aromatic carbocycles. The van der Waals surface area contributed by atoms with E-state index in [4.69, 9.17) is 4.74 Å². The summed E-state index contributed by atoms with van der Waals surface area (Å²) in [6, 6.07) is 0. The first-order valence-corrected chi connectivity index (χ1v) is 3.95. The summed E-state index contributed by atoms with van der Waals surface area (Å²) in [6.45, 7) is 1.40. The maximum atomic E-state index is 12.4. The molecule has 0 aliphatic heterocycles. The van der Waals surface area contributed by atoms with Crippen LogP contribution in [-0.4, -0.2) is 22.5 Å². The summed E-state index contributed by atoms with van der Waals surface area (Å²) in [7, 11) is 0. The molecule has 0 spiro atoms. The molecule has 4 nitrogen and oxygen atoms in total. The van der Waals surface area contributed by atoms with Crippen molar-refractivity contribution < 1.29 is 13.5 Å². The zero-order valence-electron chi connectivity index (χ0n) is 7.80. The van der Waals surface area contributed by atoms with Gasteiger partial charge in [0.05, 0.1) is 11.9 Å². The van der Waals surface area contributed by atoms with Crippen molar-refractivity contribution in [3.8, 4) is 5.88 Å². The molecule has 6 heteroatoms. The Labute approximate surface area is 78.9 Å². The van der Waals surface area contributed by atoms with Crippen molar-refractivity contribution in [3.05, 3.63) is 22.2 Å². The third-order valence-corrected chi connectivity index (χ3v) is 1.50. The van der Waals surface area contributed by atoms with E-state index in [0.717, 1.165) is 13.3 Å². The number of hydrogen-bond acceptors (Lipinski definition) is 3. The summed E-state index contributed by atoms with van der Waals surface area (Å²) in [4.78, 5) is 16.9. The monoisotopic (exact) mass is 204 g/mol. The third-order valence-electron chi connectivity index (χ3n) is 1.50. The van der Waals surface area contributed by atoms with Gasteiger partial charge in [-0.25, -0.2) is 13.8 Å². The molecule has 1 aromatic heterocycles. The van der Waals surface area contributed by atoms with Crippen LogP contribution in [0.4, 0.5) is 8.78 Å². The molecular formula is C8H10F2N2O2. The second-order valence-corrected chi connectivity index (χ2v) is 3.02. The number of rotatable bonds is 3. The molecule has 0 unspecified atom stereocenters. The van der Waals surface area contributed by atoms with Crippen molar-refractivity contribution in [3.63, 3.8) is 0 Å². The standard InChI is InChI=1S/C8H10F2N2O2/c1-5-6(13)11-4-12-7(5)14-3-8(2,9)10/h4H,3H2,1-2H3,(H,11,12,13). The van der Waals surface area contributed by atoms with Gasteiger partial charge in [0.1, 0.15) is 0 Å². The van der Waals surface area contributed by atoms with Crippen molar-refractivity contribution in [1.82, 2.24) is 9.97 Å². The highest BCUT2D eigenvalue weighted by Gasteiger charge is 2.22. The zero-order valence-corrected chi connectivity index (χ0v) is 7.80. The molecule has 0 saturated carbocycles. The number of hydrogen-bond donors (Lipinski definition) is 1. The highest BCUT2D eigenvalue weighted by Crippen LogP contribution is 2.15. The topological polar surface area (TPSA) is 55.0 Å². The van der Waals surface area contributed by atoms with E-state index in [2.05, 4.69) is 9.97 Å². The Morgan fingerprint density at radius 3 is 2.86 bits per heavy atom. The fourth-order valence-corrected chi connectivity index (χ4v) is 0.792. The van der Waals surface area contributed by atoms with Gasteiger partial charge in [0, 0.05) is 6.92 Å². The van der Waals surface area contributed by atoms with Crippen LogP contribution in [-0.2, 0) is 0 Å². The molecule has 0 saturated heterocycles. The van der Waals surface area contributed by atoms with Crippen molar-refractivity contribution in [2.24, 2.45) is 0 Å². The van der Waals surface area contributed by atoms with Crippen molar-refractivity contribution in [2.45, 2.75) is 19.8 Å². The molecule has 14 heavy (non-hydrogen) atoms. The molecule has 0 amide bonds. The minimum atomic E-state index is -2.93. The number of ether oxygens (including phenoxy) is 1. The van der Waals surface area contributed by atoms with E-state index in [1.165, 1.54) is 6.92 Å². The summed E-state index contributed by atoms with van der Waals surface area (Å²) < 4.78 is 29.5. The molecule has 0 fully saturated rings. The molecule has 1 rings (SSSR count). The minimum absolute atomic E-state index is 0.0599. The first-order chi connectivity index (χ1) is 6.40. The van der Waals surface area contributed by atoms with Crippen LogP contribution in [0.25, 0.3) is 0 Å². The van der Waals surface area contributed by atoms with Gasteiger partial charge >= 0.3 is 0 Å². The minimum Gasteiger partial charge on any atom is -0.471 e. The van der Waals surface area contributed by atoms with E-state index in [-0.39, 0.29) is 11.4 Å². The lowest BCUT2D eigenvalue weighted by Crippen LogP contribution is -2.23. The average molecular weight is 204 g/mol. The first kappa shape index (κ1) is 10.6. The zero-order chi connectivity index (χ0) is 10.8. The highest BCUT2D eigenvalue weighted by molar-refractivity contribution is 5.19. The van der Waals surface area contributed by atoms with E-state index < -0.39 is 18.1 Å². The number of alkyl halides is 2. The highest BCUT2D eigenvalue weighted by atomic mass is 19.3. The summed E-state index contributed by atoms with van der Waals surface area (Å²) in [5.41, 5.74) is -0.203. The van der Waals surface area contributed by atoms with Crippen LogP contribution in [0.1, 0.15) is 12.5 Å². The van der Waals surface area contributed by atoms with E-state index in [9.17, 15) is 13.6 Å². The Morgan fingerprint density at radius 2 is 2.29 bits per heavy atom. The number of nitrogens with one attached hydrogen (secondary N) is 1. The fourth-order valence-electron chi connectivity index (χ4n) is 0.792. The molecule has 1 N–H and O–H groups in total. The Balaban J connectivity index is 2.78. The lowest BCUT2D eigenvalue weighted by atomic mass is 10.3. The molecule has 1 heterocycles. The number of nitrogens with zero attached hydrogens (tertiary/aromatic N) is 1. The van der Waals surface area contributed by atoms with Gasteiger partial charge < -0.3 is 9.72 Å². The molecule has 0 bridgehead atoms. The number of aromatic amines is 1. The fraction of sp³-hybridized carbons (Fsp3) is 0.500. The number of halogens is 2. The average Bonchev–Trinajstić information content (AvgIpc) is 2.06. The Morgan fingerprint density at radius 1 is 1.64 bits per heavy atom. The van der Waals surface area contributed by atoms with Gasteiger partial charge in [-0.05, 0) is 6.92 Å². The van der Waals surface area contributed by atoms with Crippen LogP contribution in [0, 0.1) is 6.92 Å². The van der Waals surface area contributed by atoms with Gasteiger partial charge in [-0.15, -0.1) is 0 Å². The van der Waals surface area contributed by atoms with Gasteiger partial charge in [-0.1, -0.05) is 0 Å². The van der Waals surface area contributed by atoms with Crippen LogP contribution in [0.3, 0.4) is 0 Å². The van der Waals surface area contributed by atoms with E-state index in [1.54, 1.807) is 0 Å². The van der Waals surface area contributed by atoms with E-state index in [1.807, 2.05) is 0 Å². The molecular weight excluding hydrogens is 194 g/mol. The maximum Gasteiger partial charge on any atom is 0.278 e. The van der Waals surface area contributed by atoms with Crippen LogP contribution in [0.5, 0.6) is 5.88 Å². The quantitative estimate of drug-likeness (QED) is 0.802. The molecule has 1 aromatic rings. The Bertz CT molecular complexity index is 370. The second kappa shape index (κ2) is 3.73. The lowest BCUT2D eigenvalue weighted by molar-refractivity contribution is -0.0245. The van der Waals surface area contributed by atoms with Gasteiger partial charge in [0.15, 0.2) is 6.61 Å². The molecule has 78 valence electrons. The number of H-pyrrole nitrogens is 1. The summed E-state index contributed by atoms with van der Waals surface area (Å²) >= 11 is 0. The molecule has 0 atom stereocenters. The normalized spacial score (nSPS) is 11.4. The molecule has 0 aliphatic rings. The smallest absolute Gasteiger partial charge is 0.278 e. The maximum absolute atomic E-state index is 12.4. The van der Waals surface area contributed by atoms with Crippen LogP contribution < -0.4 is 10.3 Å². The van der Waals surface area contributed by atoms with Crippen molar-refractivity contribution in [2.75, 3.05) is 6.61 Å². The second-order valence-electron chi connectivity index (χ2n) is 3.02. The van der Waals surface area contributed by atoms with Crippen LogP contribution in [0.15, 0.2) is 11.1 Å². The first-order valence-electron chi connectivity index (χ1n) is 3.95. The lowest BCUT2D eigenvalue weighted by Gasteiger charge is -2.11. The SMILES string of the molecule is Cc1c(OCC(C)(F)F)nc[nH]c1=O. The van der Waals surface area contributed by atoms with Gasteiger partial charge in [-0.2, -0.15) is 0 Å². The van der Waals surface area contributed by atoms with Crippen LogP contribution in [0.2, 0.25) is 0 Å². The predicted molar refractivity (Wildman–Crippen MR) is 45.7 cm³/mol. The summed E-state index contributed by atoms with van der Waals surface area (Å²) in [5, 5.41) is 0. The van der Waals surface area contributed by atoms with Crippen LogP contribution >= 0.6 is 0 Å². The van der Waals surface area contributed by atoms with Crippen molar-refractivity contribution in [1.29, 1.82) is 0 Å². The number of aromatic nitrogens is 2. The van der Waals surface area contributed by atoms with E-state index >= 15 is 0 Å². The summed E-state index contributed by atoms with van der Waals surface area (Å²) in [6.07, 6.45) is 1.11. The van der Waals surface area contributed by atoms with Gasteiger partial charge in [0.2, 0.25) is 5.88 Å². The third kappa shape index (κ3) is 2.79. The molecule has 0 aliphatic carbocycles. The van der Waals surface area contributed by atoms with Crippen molar-refractivity contribution >= 4 is 0 Å². The predicted octanol–water partition coefficient (Wildman–Crippen LogP) is 1.11. The molecule has 0 radical (unpaired) electrons. The Kier molecular flexibility index (Phi) is 2.83. The summed E-state index contributed by atoms with van der Waals surface area (Å²) in [5.74, 6) is -2.99.